The molecule has 168 valence electrons. The molecule has 4 aromatic rings. The number of H-pyrrole nitrogens is 1. The van der Waals surface area contributed by atoms with Gasteiger partial charge in [0.05, 0.1) is 25.2 Å². The molecule has 0 saturated carbocycles. The lowest BCUT2D eigenvalue weighted by atomic mass is 9.99. The van der Waals surface area contributed by atoms with Gasteiger partial charge in [-0.25, -0.2) is 4.79 Å². The first-order valence-corrected chi connectivity index (χ1v) is 10.3. The molecular weight excluding hydrogens is 422 g/mol. The third-order valence-electron chi connectivity index (χ3n) is 5.22. The molecule has 0 aliphatic rings. The van der Waals surface area contributed by atoms with Gasteiger partial charge in [0, 0.05) is 19.2 Å². The van der Waals surface area contributed by atoms with E-state index < -0.39 is 11.9 Å². The average Bonchev–Trinajstić information content (AvgIpc) is 3.42. The molecule has 2 N–H and O–H groups in total. The number of aromatic nitrogens is 1. The Morgan fingerprint density at radius 2 is 1.61 bits per heavy atom. The second-order valence-electron chi connectivity index (χ2n) is 7.55. The molecule has 0 bridgehead atoms. The lowest BCUT2D eigenvalue weighted by Gasteiger charge is -2.22. The summed E-state index contributed by atoms with van der Waals surface area (Å²) < 4.78 is 10.2. The van der Waals surface area contributed by atoms with E-state index in [4.69, 9.17) is 4.42 Å². The van der Waals surface area contributed by atoms with E-state index in [9.17, 15) is 14.4 Å². The van der Waals surface area contributed by atoms with Gasteiger partial charge in [-0.15, -0.1) is 0 Å². The molecule has 2 amide bonds. The first kappa shape index (κ1) is 21.9. The number of nitrogens with one attached hydrogen (secondary N) is 2. The Bertz CT molecular complexity index is 1210. The van der Waals surface area contributed by atoms with Crippen LogP contribution in [0, 0.1) is 0 Å². The number of carbonyl (C=O) groups is 3. The summed E-state index contributed by atoms with van der Waals surface area (Å²) in [7, 11) is 2.80. The third-order valence-corrected chi connectivity index (χ3v) is 5.22. The minimum absolute atomic E-state index is 0.0608. The van der Waals surface area contributed by atoms with Crippen molar-refractivity contribution in [1.29, 1.82) is 0 Å². The average molecular weight is 445 g/mol. The molecule has 8 nitrogen and oxygen atoms in total. The Kier molecular flexibility index (Phi) is 6.26. The number of carbonyl (C=O) groups excluding carboxylic acids is 3. The highest BCUT2D eigenvalue weighted by atomic mass is 16.5. The number of likely N-dealkylation sites (N-methyl/N-ethyl adjacent to an activating group) is 1. The van der Waals surface area contributed by atoms with Gasteiger partial charge in [-0.1, -0.05) is 60.7 Å². The van der Waals surface area contributed by atoms with Crippen LogP contribution in [-0.4, -0.2) is 48.4 Å². The number of methoxy groups -OCH3 is 1. The molecule has 8 heteroatoms. The summed E-state index contributed by atoms with van der Waals surface area (Å²) in [5, 5.41) is 3.01. The number of hydrogen-bond donors (Lipinski definition) is 2. The SMILES string of the molecule is COC(=O)c1cc2oc(C(=O)N(C)CC(=O)NC(c3ccccc3)c3ccccc3)cc2[nH]1. The van der Waals surface area contributed by atoms with Crippen molar-refractivity contribution in [2.45, 2.75) is 6.04 Å². The van der Waals surface area contributed by atoms with Crippen LogP contribution < -0.4 is 5.32 Å². The van der Waals surface area contributed by atoms with Crippen molar-refractivity contribution in [3.8, 4) is 0 Å². The van der Waals surface area contributed by atoms with E-state index >= 15 is 0 Å². The summed E-state index contributed by atoms with van der Waals surface area (Å²) in [6, 6.07) is 21.9. The van der Waals surface area contributed by atoms with Crippen LogP contribution in [0.5, 0.6) is 0 Å². The summed E-state index contributed by atoms with van der Waals surface area (Å²) in [4.78, 5) is 41.4. The van der Waals surface area contributed by atoms with Crippen molar-refractivity contribution >= 4 is 28.9 Å². The number of furan rings is 1. The van der Waals surface area contributed by atoms with Gasteiger partial charge in [0.25, 0.3) is 5.91 Å². The predicted molar refractivity (Wildman–Crippen MR) is 122 cm³/mol. The van der Waals surface area contributed by atoms with Crippen LogP contribution in [0.3, 0.4) is 0 Å². The van der Waals surface area contributed by atoms with Crippen LogP contribution in [0.2, 0.25) is 0 Å². The minimum Gasteiger partial charge on any atom is -0.464 e. The first-order valence-electron chi connectivity index (χ1n) is 10.3. The Hall–Kier alpha value is -4.33. The second-order valence-corrected chi connectivity index (χ2v) is 7.55. The maximum Gasteiger partial charge on any atom is 0.354 e. The smallest absolute Gasteiger partial charge is 0.354 e. The van der Waals surface area contributed by atoms with Crippen molar-refractivity contribution in [3.05, 3.63) is 95.4 Å². The lowest BCUT2D eigenvalue weighted by molar-refractivity contribution is -0.122. The van der Waals surface area contributed by atoms with Gasteiger partial charge in [0.1, 0.15) is 5.69 Å². The maximum absolute atomic E-state index is 12.8. The lowest BCUT2D eigenvalue weighted by Crippen LogP contribution is -2.40. The summed E-state index contributed by atoms with van der Waals surface area (Å²) in [6.45, 7) is -0.156. The molecule has 0 unspecified atom stereocenters. The number of hydrogen-bond acceptors (Lipinski definition) is 5. The zero-order valence-electron chi connectivity index (χ0n) is 18.2. The van der Waals surface area contributed by atoms with Crippen molar-refractivity contribution in [1.82, 2.24) is 15.2 Å². The van der Waals surface area contributed by atoms with Crippen LogP contribution in [-0.2, 0) is 9.53 Å². The summed E-state index contributed by atoms with van der Waals surface area (Å²) in [5.74, 6) is -1.24. The number of nitrogens with zero attached hydrogens (tertiary/aromatic N) is 1. The number of benzene rings is 2. The largest absolute Gasteiger partial charge is 0.464 e. The topological polar surface area (TPSA) is 105 Å². The summed E-state index contributed by atoms with van der Waals surface area (Å²) in [5.41, 5.74) is 2.95. The van der Waals surface area contributed by atoms with Crippen LogP contribution in [0.15, 0.2) is 77.2 Å². The van der Waals surface area contributed by atoms with E-state index in [2.05, 4.69) is 15.0 Å². The molecule has 0 aliphatic carbocycles. The molecule has 0 saturated heterocycles. The monoisotopic (exact) mass is 445 g/mol. The molecule has 2 heterocycles. The van der Waals surface area contributed by atoms with Crippen LogP contribution in [0.1, 0.15) is 38.2 Å². The van der Waals surface area contributed by atoms with E-state index in [1.54, 1.807) is 0 Å². The normalized spacial score (nSPS) is 10.9. The van der Waals surface area contributed by atoms with E-state index in [0.29, 0.717) is 11.1 Å². The van der Waals surface area contributed by atoms with Crippen molar-refractivity contribution < 1.29 is 23.5 Å². The first-order chi connectivity index (χ1) is 16.0. The van der Waals surface area contributed by atoms with E-state index in [-0.39, 0.29) is 29.9 Å². The van der Waals surface area contributed by atoms with Crippen LogP contribution in [0.25, 0.3) is 11.1 Å². The van der Waals surface area contributed by atoms with Crippen molar-refractivity contribution in [3.63, 3.8) is 0 Å². The number of fused-ring (bicyclic) bond motifs is 1. The molecule has 0 atom stereocenters. The Labute approximate surface area is 190 Å². The van der Waals surface area contributed by atoms with E-state index in [1.807, 2.05) is 60.7 Å². The van der Waals surface area contributed by atoms with Gasteiger partial charge in [0.2, 0.25) is 5.91 Å². The van der Waals surface area contributed by atoms with Gasteiger partial charge >= 0.3 is 5.97 Å². The van der Waals surface area contributed by atoms with Gasteiger partial charge < -0.3 is 24.4 Å². The van der Waals surface area contributed by atoms with Gasteiger partial charge in [-0.2, -0.15) is 0 Å². The molecule has 0 aliphatic heterocycles. The highest BCUT2D eigenvalue weighted by Crippen LogP contribution is 2.23. The molecule has 0 fully saturated rings. The Morgan fingerprint density at radius 1 is 1.00 bits per heavy atom. The minimum atomic E-state index is -0.533. The standard InChI is InChI=1S/C25H23N3O5/c1-28(24(30)21-13-18-20(33-21)14-19(26-18)25(31)32-2)15-22(29)27-23(16-9-5-3-6-10-16)17-11-7-4-8-12-17/h3-14,23,26H,15H2,1-2H3,(H,27,29). The summed E-state index contributed by atoms with van der Waals surface area (Å²) >= 11 is 0. The Morgan fingerprint density at radius 3 is 2.15 bits per heavy atom. The van der Waals surface area contributed by atoms with Crippen molar-refractivity contribution in [2.24, 2.45) is 0 Å². The van der Waals surface area contributed by atoms with Crippen molar-refractivity contribution in [2.75, 3.05) is 20.7 Å². The fourth-order valence-electron chi connectivity index (χ4n) is 3.58. The highest BCUT2D eigenvalue weighted by Gasteiger charge is 2.23. The number of rotatable bonds is 7. The fourth-order valence-corrected chi connectivity index (χ4v) is 3.58. The number of ether oxygens (including phenoxy) is 1. The number of aromatic amines is 1. The molecule has 4 rings (SSSR count). The third kappa shape index (κ3) is 4.79. The number of esters is 1. The quantitative estimate of drug-likeness (QED) is 0.424. The zero-order chi connectivity index (χ0) is 23.4. The zero-order valence-corrected chi connectivity index (χ0v) is 18.2. The molecule has 33 heavy (non-hydrogen) atoms. The van der Waals surface area contributed by atoms with E-state index in [0.717, 1.165) is 11.1 Å². The molecule has 0 spiro atoms. The second kappa shape index (κ2) is 9.44. The van der Waals surface area contributed by atoms with Gasteiger partial charge in [0.15, 0.2) is 11.3 Å². The van der Waals surface area contributed by atoms with Gasteiger partial charge in [-0.05, 0) is 11.1 Å². The van der Waals surface area contributed by atoms with Crippen LogP contribution >= 0.6 is 0 Å². The van der Waals surface area contributed by atoms with Crippen LogP contribution in [0.4, 0.5) is 0 Å². The van der Waals surface area contributed by atoms with Gasteiger partial charge in [-0.3, -0.25) is 9.59 Å². The Balaban J connectivity index is 1.45. The fraction of sp³-hybridized carbons (Fsp3) is 0.160. The highest BCUT2D eigenvalue weighted by molar-refractivity contribution is 5.99. The molecular formula is C25H23N3O5. The molecule has 2 aromatic heterocycles. The van der Waals surface area contributed by atoms with E-state index in [1.165, 1.54) is 31.2 Å². The molecule has 2 aromatic carbocycles. The maximum atomic E-state index is 12.8. The molecule has 0 radical (unpaired) electrons. The number of amides is 2. The summed E-state index contributed by atoms with van der Waals surface area (Å²) in [6.07, 6.45) is 0. The predicted octanol–water partition coefficient (Wildman–Crippen LogP) is 3.53.